The van der Waals surface area contributed by atoms with Crippen molar-refractivity contribution in [2.24, 2.45) is 0 Å². The number of hydrogen-bond acceptors (Lipinski definition) is 6. The largest absolute Gasteiger partial charge is 0.457 e. The van der Waals surface area contributed by atoms with Gasteiger partial charge in [-0.1, -0.05) is 30.3 Å². The first kappa shape index (κ1) is 18.1. The van der Waals surface area contributed by atoms with Gasteiger partial charge in [-0.2, -0.15) is 0 Å². The lowest BCUT2D eigenvalue weighted by Gasteiger charge is -2.07. The second-order valence-electron chi connectivity index (χ2n) is 6.15. The summed E-state index contributed by atoms with van der Waals surface area (Å²) in [7, 11) is 0. The molecule has 28 heavy (non-hydrogen) atoms. The van der Waals surface area contributed by atoms with Crippen molar-refractivity contribution in [2.75, 3.05) is 5.32 Å². The molecule has 0 spiro atoms. The Bertz CT molecular complexity index is 1130. The number of nitrogens with one attached hydrogen (secondary N) is 1. The first-order chi connectivity index (χ1) is 13.6. The van der Waals surface area contributed by atoms with Gasteiger partial charge in [-0.15, -0.1) is 11.3 Å². The number of aryl methyl sites for hydroxylation is 1. The van der Waals surface area contributed by atoms with Gasteiger partial charge in [0, 0.05) is 5.69 Å². The highest BCUT2D eigenvalue weighted by molar-refractivity contribution is 7.20. The molecule has 4 aromatic rings. The van der Waals surface area contributed by atoms with Crippen molar-refractivity contribution in [2.45, 2.75) is 13.5 Å². The summed E-state index contributed by atoms with van der Waals surface area (Å²) in [6.45, 7) is 2.05. The number of anilines is 2. The Morgan fingerprint density at radius 3 is 2.61 bits per heavy atom. The van der Waals surface area contributed by atoms with Crippen LogP contribution in [-0.2, 0) is 11.3 Å². The van der Waals surface area contributed by atoms with Gasteiger partial charge in [-0.25, -0.2) is 19.2 Å². The molecule has 0 aliphatic heterocycles. The van der Waals surface area contributed by atoms with Crippen molar-refractivity contribution in [1.82, 2.24) is 9.97 Å². The second kappa shape index (κ2) is 7.74. The second-order valence-corrected chi connectivity index (χ2v) is 7.15. The molecule has 7 heteroatoms. The molecule has 5 nitrogen and oxygen atoms in total. The maximum atomic E-state index is 13.1. The number of thiophene rings is 1. The van der Waals surface area contributed by atoms with E-state index in [4.69, 9.17) is 4.74 Å². The molecule has 0 unspecified atom stereocenters. The lowest BCUT2D eigenvalue weighted by atomic mass is 10.2. The molecule has 0 amide bonds. The Morgan fingerprint density at radius 2 is 1.86 bits per heavy atom. The minimum atomic E-state index is -0.392. The Morgan fingerprint density at radius 1 is 1.11 bits per heavy atom. The SMILES string of the molecule is Cc1c(C(=O)OCc2ccccc2)sc2ncnc(Nc3ccc(F)cc3)c12. The number of fused-ring (bicyclic) bond motifs is 1. The van der Waals surface area contributed by atoms with Gasteiger partial charge in [-0.3, -0.25) is 0 Å². The molecule has 0 fully saturated rings. The third kappa shape index (κ3) is 3.70. The first-order valence-corrected chi connectivity index (χ1v) is 9.41. The molecule has 0 aliphatic rings. The zero-order chi connectivity index (χ0) is 19.5. The summed E-state index contributed by atoms with van der Waals surface area (Å²) < 4.78 is 18.6. The fraction of sp³-hybridized carbons (Fsp3) is 0.0952. The number of esters is 1. The first-order valence-electron chi connectivity index (χ1n) is 8.59. The number of hydrogen-bond donors (Lipinski definition) is 1. The van der Waals surface area contributed by atoms with Gasteiger partial charge in [0.15, 0.2) is 0 Å². The number of carbonyl (C=O) groups is 1. The number of nitrogens with zero attached hydrogens (tertiary/aromatic N) is 2. The third-order valence-corrected chi connectivity index (χ3v) is 5.41. The van der Waals surface area contributed by atoms with E-state index >= 15 is 0 Å². The summed E-state index contributed by atoms with van der Waals surface area (Å²) in [5.41, 5.74) is 2.37. The molecule has 0 radical (unpaired) electrons. The summed E-state index contributed by atoms with van der Waals surface area (Å²) >= 11 is 1.27. The third-order valence-electron chi connectivity index (χ3n) is 4.23. The van der Waals surface area contributed by atoms with Gasteiger partial charge in [0.05, 0.1) is 5.39 Å². The maximum absolute atomic E-state index is 13.1. The molecule has 4 rings (SSSR count). The van der Waals surface area contributed by atoms with Gasteiger partial charge in [0.1, 0.15) is 34.3 Å². The van der Waals surface area contributed by atoms with E-state index in [0.29, 0.717) is 21.2 Å². The summed E-state index contributed by atoms with van der Waals surface area (Å²) in [6.07, 6.45) is 1.43. The molecule has 140 valence electrons. The lowest BCUT2D eigenvalue weighted by molar-refractivity contribution is 0.0478. The summed E-state index contributed by atoms with van der Waals surface area (Å²) in [4.78, 5) is 22.3. The van der Waals surface area contributed by atoms with Crippen LogP contribution < -0.4 is 5.32 Å². The molecule has 2 aromatic carbocycles. The monoisotopic (exact) mass is 393 g/mol. The normalized spacial score (nSPS) is 10.8. The molecule has 2 heterocycles. The molecule has 1 N–H and O–H groups in total. The highest BCUT2D eigenvalue weighted by atomic mass is 32.1. The van der Waals surface area contributed by atoms with E-state index in [9.17, 15) is 9.18 Å². The molecule has 0 saturated heterocycles. The van der Waals surface area contributed by atoms with Crippen LogP contribution in [0.15, 0.2) is 60.9 Å². The molecule has 0 saturated carbocycles. The van der Waals surface area contributed by atoms with Crippen LogP contribution in [0.2, 0.25) is 0 Å². The number of aromatic nitrogens is 2. The minimum absolute atomic E-state index is 0.208. The van der Waals surface area contributed by atoms with Crippen molar-refractivity contribution in [3.8, 4) is 0 Å². The quantitative estimate of drug-likeness (QED) is 0.470. The van der Waals surface area contributed by atoms with Gasteiger partial charge in [0.2, 0.25) is 0 Å². The van der Waals surface area contributed by atoms with E-state index in [1.165, 1.54) is 29.8 Å². The van der Waals surface area contributed by atoms with Gasteiger partial charge in [0.25, 0.3) is 0 Å². The van der Waals surface area contributed by atoms with E-state index < -0.39 is 5.97 Å². The molecule has 0 aliphatic carbocycles. The fourth-order valence-corrected chi connectivity index (χ4v) is 3.86. The van der Waals surface area contributed by atoms with Crippen molar-refractivity contribution in [3.63, 3.8) is 0 Å². The van der Waals surface area contributed by atoms with Crippen molar-refractivity contribution in [3.05, 3.63) is 82.7 Å². The fourth-order valence-electron chi connectivity index (χ4n) is 2.82. The number of ether oxygens (including phenoxy) is 1. The maximum Gasteiger partial charge on any atom is 0.349 e. The number of rotatable bonds is 5. The average molecular weight is 393 g/mol. The predicted octanol–water partition coefficient (Wildman–Crippen LogP) is 5.24. The van der Waals surface area contributed by atoms with Gasteiger partial charge in [-0.05, 0) is 42.3 Å². The van der Waals surface area contributed by atoms with E-state index in [2.05, 4.69) is 15.3 Å². The summed E-state index contributed by atoms with van der Waals surface area (Å²) in [5, 5.41) is 3.92. The van der Waals surface area contributed by atoms with Crippen molar-refractivity contribution in [1.29, 1.82) is 0 Å². The number of carbonyl (C=O) groups excluding carboxylic acids is 1. The van der Waals surface area contributed by atoms with Crippen LogP contribution in [0.4, 0.5) is 15.9 Å². The van der Waals surface area contributed by atoms with Crippen LogP contribution in [0.5, 0.6) is 0 Å². The van der Waals surface area contributed by atoms with E-state index in [1.807, 2.05) is 37.3 Å². The van der Waals surface area contributed by atoms with Crippen LogP contribution in [0.1, 0.15) is 20.8 Å². The summed E-state index contributed by atoms with van der Waals surface area (Å²) in [6, 6.07) is 15.5. The lowest BCUT2D eigenvalue weighted by Crippen LogP contribution is -2.04. The molecule has 0 atom stereocenters. The topological polar surface area (TPSA) is 64.1 Å². The minimum Gasteiger partial charge on any atom is -0.457 e. The smallest absolute Gasteiger partial charge is 0.349 e. The average Bonchev–Trinajstić information content (AvgIpc) is 3.06. The van der Waals surface area contributed by atoms with Gasteiger partial charge < -0.3 is 10.1 Å². The van der Waals surface area contributed by atoms with Crippen LogP contribution >= 0.6 is 11.3 Å². The molecule has 0 bridgehead atoms. The van der Waals surface area contributed by atoms with Crippen LogP contribution in [0, 0.1) is 12.7 Å². The van der Waals surface area contributed by atoms with Crippen molar-refractivity contribution >= 4 is 39.0 Å². The standard InChI is InChI=1S/C21H16FN3O2S/c1-13-17-19(25-16-9-7-15(22)8-10-16)23-12-24-20(17)28-18(13)21(26)27-11-14-5-3-2-4-6-14/h2-10,12H,11H2,1H3,(H,23,24,25). The van der Waals surface area contributed by atoms with E-state index in [0.717, 1.165) is 16.5 Å². The number of halogens is 1. The summed E-state index contributed by atoms with van der Waals surface area (Å²) in [5.74, 6) is -0.141. The predicted molar refractivity (Wildman–Crippen MR) is 107 cm³/mol. The zero-order valence-electron chi connectivity index (χ0n) is 15.0. The van der Waals surface area contributed by atoms with Crippen LogP contribution in [0.3, 0.4) is 0 Å². The highest BCUT2D eigenvalue weighted by Gasteiger charge is 2.20. The van der Waals surface area contributed by atoms with Crippen LogP contribution in [0.25, 0.3) is 10.2 Å². The number of benzene rings is 2. The Kier molecular flexibility index (Phi) is 4.99. The van der Waals surface area contributed by atoms with E-state index in [-0.39, 0.29) is 12.4 Å². The Hall–Kier alpha value is -3.32. The molecular formula is C21H16FN3O2S. The van der Waals surface area contributed by atoms with Gasteiger partial charge >= 0.3 is 5.97 Å². The van der Waals surface area contributed by atoms with Crippen LogP contribution in [-0.4, -0.2) is 15.9 Å². The Balaban J connectivity index is 1.61. The van der Waals surface area contributed by atoms with Crippen molar-refractivity contribution < 1.29 is 13.9 Å². The Labute approximate surface area is 164 Å². The molecular weight excluding hydrogens is 377 g/mol. The zero-order valence-corrected chi connectivity index (χ0v) is 15.8. The highest BCUT2D eigenvalue weighted by Crippen LogP contribution is 2.35. The van der Waals surface area contributed by atoms with E-state index in [1.54, 1.807) is 12.1 Å². The molecule has 2 aromatic heterocycles.